The average molecular weight is 337 g/mol. The van der Waals surface area contributed by atoms with Crippen molar-refractivity contribution in [3.05, 3.63) is 28.7 Å². The zero-order valence-corrected chi connectivity index (χ0v) is 12.0. The summed E-state index contributed by atoms with van der Waals surface area (Å²) in [6, 6.07) is 6.68. The molecule has 0 amide bonds. The Morgan fingerprint density at radius 2 is 2.17 bits per heavy atom. The fraction of sp³-hybridized carbons (Fsp3) is 0.300. The van der Waals surface area contributed by atoms with Gasteiger partial charge in [0.25, 0.3) is 0 Å². The summed E-state index contributed by atoms with van der Waals surface area (Å²) in [5.41, 5.74) is 0.409. The molecule has 8 heteroatoms. The van der Waals surface area contributed by atoms with E-state index in [9.17, 15) is 13.2 Å². The first-order valence-corrected chi connectivity index (χ1v) is 7.26. The minimum Gasteiger partial charge on any atom is -0.481 e. The second-order valence-corrected chi connectivity index (χ2v) is 6.28. The number of nitrogens with one attached hydrogen (secondary N) is 1. The molecule has 6 nitrogen and oxygen atoms in total. The van der Waals surface area contributed by atoms with Crippen LogP contribution in [0.2, 0.25) is 0 Å². The minimum atomic E-state index is -3.73. The second kappa shape index (κ2) is 6.17. The van der Waals surface area contributed by atoms with Crippen molar-refractivity contribution in [1.29, 1.82) is 0 Å². The lowest BCUT2D eigenvalue weighted by Gasteiger charge is -2.17. The van der Waals surface area contributed by atoms with E-state index in [1.807, 2.05) is 0 Å². The maximum atomic E-state index is 11.8. The summed E-state index contributed by atoms with van der Waals surface area (Å²) in [5.74, 6) is -1.04. The van der Waals surface area contributed by atoms with Crippen LogP contribution in [0.25, 0.3) is 0 Å². The van der Waals surface area contributed by atoms with Crippen LogP contribution in [-0.2, 0) is 15.0 Å². The zero-order chi connectivity index (χ0) is 13.8. The van der Waals surface area contributed by atoms with Gasteiger partial charge in [-0.1, -0.05) is 22.0 Å². The largest absolute Gasteiger partial charge is 0.481 e. The van der Waals surface area contributed by atoms with Gasteiger partial charge in [-0.25, -0.2) is 0 Å². The summed E-state index contributed by atoms with van der Waals surface area (Å²) < 4.78 is 27.7. The van der Waals surface area contributed by atoms with Gasteiger partial charge in [-0.2, -0.15) is 12.7 Å². The van der Waals surface area contributed by atoms with E-state index in [1.165, 1.54) is 7.05 Å². The third-order valence-electron chi connectivity index (χ3n) is 2.12. The molecule has 0 saturated heterocycles. The van der Waals surface area contributed by atoms with Gasteiger partial charge >= 0.3 is 16.2 Å². The lowest BCUT2D eigenvalue weighted by molar-refractivity contribution is -0.137. The molecular weight excluding hydrogens is 324 g/mol. The zero-order valence-electron chi connectivity index (χ0n) is 9.63. The van der Waals surface area contributed by atoms with E-state index in [1.54, 1.807) is 24.3 Å². The minimum absolute atomic E-state index is 0.0847. The first kappa shape index (κ1) is 14.9. The van der Waals surface area contributed by atoms with Gasteiger partial charge in [0, 0.05) is 18.1 Å². The maximum Gasteiger partial charge on any atom is 0.304 e. The molecule has 100 valence electrons. The first-order chi connectivity index (χ1) is 8.31. The van der Waals surface area contributed by atoms with E-state index < -0.39 is 16.2 Å². The van der Waals surface area contributed by atoms with Crippen LogP contribution in [0.3, 0.4) is 0 Å². The predicted octanol–water partition coefficient (Wildman–Crippen LogP) is 1.51. The molecule has 0 aliphatic carbocycles. The Balaban J connectivity index is 2.72. The van der Waals surface area contributed by atoms with Gasteiger partial charge in [0.15, 0.2) is 0 Å². The van der Waals surface area contributed by atoms with Crippen LogP contribution in [-0.4, -0.2) is 37.4 Å². The third-order valence-corrected chi connectivity index (χ3v) is 4.11. The molecule has 0 saturated carbocycles. The third kappa shape index (κ3) is 4.63. The number of hydrogen-bond acceptors (Lipinski definition) is 3. The molecule has 0 spiro atoms. The molecule has 0 bridgehead atoms. The summed E-state index contributed by atoms with van der Waals surface area (Å²) >= 11 is 3.23. The lowest BCUT2D eigenvalue weighted by Crippen LogP contribution is -2.34. The number of carboxylic acids is 1. The van der Waals surface area contributed by atoms with Crippen LogP contribution >= 0.6 is 15.9 Å². The average Bonchev–Trinajstić information content (AvgIpc) is 2.25. The van der Waals surface area contributed by atoms with Crippen molar-refractivity contribution in [2.75, 3.05) is 18.3 Å². The number of hydrogen-bond donors (Lipinski definition) is 2. The van der Waals surface area contributed by atoms with Crippen molar-refractivity contribution in [1.82, 2.24) is 4.31 Å². The van der Waals surface area contributed by atoms with E-state index in [0.29, 0.717) is 5.69 Å². The highest BCUT2D eigenvalue weighted by molar-refractivity contribution is 9.10. The van der Waals surface area contributed by atoms with Gasteiger partial charge in [0.1, 0.15) is 0 Å². The van der Waals surface area contributed by atoms with Crippen molar-refractivity contribution < 1.29 is 18.3 Å². The van der Waals surface area contributed by atoms with E-state index >= 15 is 0 Å². The number of carboxylic acid groups (broad SMARTS) is 1. The van der Waals surface area contributed by atoms with Crippen molar-refractivity contribution in [3.8, 4) is 0 Å². The number of halogens is 1. The van der Waals surface area contributed by atoms with Crippen LogP contribution < -0.4 is 4.72 Å². The van der Waals surface area contributed by atoms with Crippen molar-refractivity contribution in [2.45, 2.75) is 6.42 Å². The SMILES string of the molecule is CN(CCC(=O)O)S(=O)(=O)Nc1cccc(Br)c1. The van der Waals surface area contributed by atoms with E-state index in [0.717, 1.165) is 8.78 Å². The molecule has 1 aromatic rings. The first-order valence-electron chi connectivity index (χ1n) is 5.03. The molecule has 1 rings (SSSR count). The normalized spacial score (nSPS) is 11.5. The highest BCUT2D eigenvalue weighted by Crippen LogP contribution is 2.17. The molecule has 2 N–H and O–H groups in total. The maximum absolute atomic E-state index is 11.8. The summed E-state index contributed by atoms with van der Waals surface area (Å²) in [7, 11) is -2.40. The molecule has 0 heterocycles. The number of nitrogens with zero attached hydrogens (tertiary/aromatic N) is 1. The fourth-order valence-electron chi connectivity index (χ4n) is 1.15. The van der Waals surface area contributed by atoms with Crippen LogP contribution in [0.15, 0.2) is 28.7 Å². The van der Waals surface area contributed by atoms with Gasteiger partial charge < -0.3 is 5.11 Å². The monoisotopic (exact) mass is 336 g/mol. The standard InChI is InChI=1S/C10H13BrN2O4S/c1-13(6-5-10(14)15)18(16,17)12-9-4-2-3-8(11)7-9/h2-4,7,12H,5-6H2,1H3,(H,14,15). The van der Waals surface area contributed by atoms with E-state index in [-0.39, 0.29) is 13.0 Å². The highest BCUT2D eigenvalue weighted by atomic mass is 79.9. The Hall–Kier alpha value is -1.12. The van der Waals surface area contributed by atoms with Crippen molar-refractivity contribution >= 4 is 37.8 Å². The Morgan fingerprint density at radius 3 is 2.72 bits per heavy atom. The lowest BCUT2D eigenvalue weighted by atomic mass is 10.3. The summed E-state index contributed by atoms with van der Waals surface area (Å²) in [5, 5.41) is 8.51. The molecule has 1 aromatic carbocycles. The van der Waals surface area contributed by atoms with E-state index in [2.05, 4.69) is 20.7 Å². The molecule has 18 heavy (non-hydrogen) atoms. The fourth-order valence-corrected chi connectivity index (χ4v) is 2.46. The summed E-state index contributed by atoms with van der Waals surface area (Å²) in [6.07, 6.45) is -0.240. The number of anilines is 1. The van der Waals surface area contributed by atoms with Gasteiger partial charge in [-0.15, -0.1) is 0 Å². The topological polar surface area (TPSA) is 86.7 Å². The number of carbonyl (C=O) groups is 1. The Kier molecular flexibility index (Phi) is 5.12. The van der Waals surface area contributed by atoms with Crippen molar-refractivity contribution in [2.24, 2.45) is 0 Å². The Labute approximate surface area is 114 Å². The van der Waals surface area contributed by atoms with Crippen LogP contribution in [0, 0.1) is 0 Å². The molecular formula is C10H13BrN2O4S. The van der Waals surface area contributed by atoms with Gasteiger partial charge in [0.2, 0.25) is 0 Å². The highest BCUT2D eigenvalue weighted by Gasteiger charge is 2.18. The summed E-state index contributed by atoms with van der Waals surface area (Å²) in [6.45, 7) is -0.0847. The predicted molar refractivity (Wildman–Crippen MR) is 71.6 cm³/mol. The van der Waals surface area contributed by atoms with E-state index in [4.69, 9.17) is 5.11 Å². The Morgan fingerprint density at radius 1 is 1.50 bits per heavy atom. The molecule has 0 atom stereocenters. The second-order valence-electron chi connectivity index (χ2n) is 3.58. The molecule has 0 unspecified atom stereocenters. The molecule has 0 aromatic heterocycles. The van der Waals surface area contributed by atoms with Crippen LogP contribution in [0.4, 0.5) is 5.69 Å². The number of benzene rings is 1. The smallest absolute Gasteiger partial charge is 0.304 e. The van der Waals surface area contributed by atoms with Crippen LogP contribution in [0.5, 0.6) is 0 Å². The number of rotatable bonds is 6. The van der Waals surface area contributed by atoms with Gasteiger partial charge in [-0.3, -0.25) is 9.52 Å². The molecule has 0 aliphatic heterocycles. The number of aliphatic carboxylic acids is 1. The van der Waals surface area contributed by atoms with Crippen LogP contribution in [0.1, 0.15) is 6.42 Å². The molecule has 0 fully saturated rings. The molecule has 0 radical (unpaired) electrons. The Bertz CT molecular complexity index is 532. The van der Waals surface area contributed by atoms with Crippen molar-refractivity contribution in [3.63, 3.8) is 0 Å². The van der Waals surface area contributed by atoms with Gasteiger partial charge in [0.05, 0.1) is 12.1 Å². The quantitative estimate of drug-likeness (QED) is 0.824. The summed E-state index contributed by atoms with van der Waals surface area (Å²) in [4.78, 5) is 10.4. The molecule has 0 aliphatic rings. The van der Waals surface area contributed by atoms with Gasteiger partial charge in [-0.05, 0) is 18.2 Å².